The van der Waals surface area contributed by atoms with Crippen molar-refractivity contribution in [3.05, 3.63) is 48.5 Å². The van der Waals surface area contributed by atoms with Crippen LogP contribution in [0, 0.1) is 0 Å². The highest BCUT2D eigenvalue weighted by Gasteiger charge is 2.07. The first-order valence-electron chi connectivity index (χ1n) is 3.85. The first-order chi connectivity index (χ1) is 6.36. The van der Waals surface area contributed by atoms with Crippen LogP contribution in [0.1, 0.15) is 10.5 Å². The summed E-state index contributed by atoms with van der Waals surface area (Å²) in [6.07, 6.45) is 4.98. The van der Waals surface area contributed by atoms with Crippen molar-refractivity contribution in [3.8, 4) is 0 Å². The van der Waals surface area contributed by atoms with E-state index < -0.39 is 5.97 Å². The highest BCUT2D eigenvalue weighted by Crippen LogP contribution is 1.96. The molecule has 0 radical (unpaired) electrons. The van der Waals surface area contributed by atoms with Crippen molar-refractivity contribution in [1.29, 1.82) is 0 Å². The molecule has 2 rings (SSSR count). The van der Waals surface area contributed by atoms with E-state index in [1.165, 1.54) is 4.73 Å². The lowest BCUT2D eigenvalue weighted by atomic mass is 10.4. The van der Waals surface area contributed by atoms with Crippen LogP contribution >= 0.6 is 0 Å². The van der Waals surface area contributed by atoms with Crippen LogP contribution in [0.2, 0.25) is 0 Å². The van der Waals surface area contributed by atoms with E-state index in [0.717, 1.165) is 0 Å². The SMILES string of the molecule is O=C(On1cccc1)c1ccc[nH]1. The van der Waals surface area contributed by atoms with Gasteiger partial charge in [-0.1, -0.05) is 0 Å². The van der Waals surface area contributed by atoms with Gasteiger partial charge in [-0.2, -0.15) is 4.73 Å². The topological polar surface area (TPSA) is 47.0 Å². The minimum atomic E-state index is -0.402. The van der Waals surface area contributed by atoms with Gasteiger partial charge in [-0.25, -0.2) is 4.79 Å². The molecule has 0 saturated carbocycles. The summed E-state index contributed by atoms with van der Waals surface area (Å²) in [7, 11) is 0. The third-order valence-electron chi connectivity index (χ3n) is 1.58. The van der Waals surface area contributed by atoms with Gasteiger partial charge in [-0.05, 0) is 24.3 Å². The van der Waals surface area contributed by atoms with E-state index in [0.29, 0.717) is 5.69 Å². The zero-order valence-corrected chi connectivity index (χ0v) is 6.81. The fourth-order valence-corrected chi connectivity index (χ4v) is 0.982. The van der Waals surface area contributed by atoms with Crippen LogP contribution in [0.5, 0.6) is 0 Å². The second kappa shape index (κ2) is 3.18. The van der Waals surface area contributed by atoms with Gasteiger partial charge in [0.25, 0.3) is 0 Å². The number of carbonyl (C=O) groups excluding carboxylic acids is 1. The first kappa shape index (κ1) is 7.67. The minimum absolute atomic E-state index is 0.402. The Kier molecular flexibility index (Phi) is 1.88. The summed E-state index contributed by atoms with van der Waals surface area (Å²) >= 11 is 0. The Morgan fingerprint density at radius 3 is 2.69 bits per heavy atom. The van der Waals surface area contributed by atoms with Gasteiger partial charge < -0.3 is 9.82 Å². The fourth-order valence-electron chi connectivity index (χ4n) is 0.982. The van der Waals surface area contributed by atoms with Crippen LogP contribution in [0.3, 0.4) is 0 Å². The van der Waals surface area contributed by atoms with Gasteiger partial charge in [0.2, 0.25) is 0 Å². The smallest absolute Gasteiger partial charge is 0.356 e. The van der Waals surface area contributed by atoms with Gasteiger partial charge in [0, 0.05) is 18.6 Å². The Morgan fingerprint density at radius 2 is 2.08 bits per heavy atom. The van der Waals surface area contributed by atoms with Gasteiger partial charge in [0.05, 0.1) is 0 Å². The summed E-state index contributed by atoms with van der Waals surface area (Å²) in [5.41, 5.74) is 0.439. The molecule has 66 valence electrons. The van der Waals surface area contributed by atoms with E-state index in [1.807, 2.05) is 0 Å². The number of nitrogens with zero attached hydrogens (tertiary/aromatic N) is 1. The zero-order valence-electron chi connectivity index (χ0n) is 6.81. The molecule has 4 heteroatoms. The zero-order chi connectivity index (χ0) is 9.10. The number of aromatic nitrogens is 2. The third kappa shape index (κ3) is 1.61. The van der Waals surface area contributed by atoms with Crippen molar-refractivity contribution in [2.75, 3.05) is 0 Å². The van der Waals surface area contributed by atoms with E-state index in [1.54, 1.807) is 42.9 Å². The molecule has 2 heterocycles. The van der Waals surface area contributed by atoms with Crippen LogP contribution in [0.15, 0.2) is 42.9 Å². The van der Waals surface area contributed by atoms with Crippen molar-refractivity contribution in [3.63, 3.8) is 0 Å². The highest BCUT2D eigenvalue weighted by atomic mass is 16.7. The molecule has 13 heavy (non-hydrogen) atoms. The Balaban J connectivity index is 2.08. The molecule has 2 aromatic rings. The van der Waals surface area contributed by atoms with Crippen LogP contribution in [-0.4, -0.2) is 15.7 Å². The van der Waals surface area contributed by atoms with E-state index in [-0.39, 0.29) is 0 Å². The molecule has 0 fully saturated rings. The summed E-state index contributed by atoms with van der Waals surface area (Å²) in [4.78, 5) is 19.0. The number of nitrogens with one attached hydrogen (secondary N) is 1. The molecule has 0 unspecified atom stereocenters. The molecule has 0 aliphatic carbocycles. The molecule has 2 aromatic heterocycles. The number of H-pyrrole nitrogens is 1. The predicted molar refractivity (Wildman–Crippen MR) is 46.1 cm³/mol. The van der Waals surface area contributed by atoms with E-state index >= 15 is 0 Å². The normalized spacial score (nSPS) is 9.85. The second-order valence-corrected chi connectivity index (χ2v) is 2.51. The lowest BCUT2D eigenvalue weighted by Gasteiger charge is -2.01. The Hall–Kier alpha value is -1.97. The lowest BCUT2D eigenvalue weighted by Crippen LogP contribution is -2.18. The van der Waals surface area contributed by atoms with Crippen LogP contribution in [-0.2, 0) is 0 Å². The number of rotatable bonds is 2. The summed E-state index contributed by atoms with van der Waals surface area (Å²) in [5.74, 6) is -0.402. The molecule has 0 aliphatic heterocycles. The maximum absolute atomic E-state index is 11.3. The Labute approximate surface area is 74.7 Å². The van der Waals surface area contributed by atoms with Crippen molar-refractivity contribution < 1.29 is 9.63 Å². The van der Waals surface area contributed by atoms with E-state index in [4.69, 9.17) is 4.84 Å². The van der Waals surface area contributed by atoms with Gasteiger partial charge in [-0.15, -0.1) is 0 Å². The van der Waals surface area contributed by atoms with E-state index in [2.05, 4.69) is 4.98 Å². The quantitative estimate of drug-likeness (QED) is 0.744. The summed E-state index contributed by atoms with van der Waals surface area (Å²) < 4.78 is 1.35. The molecule has 0 aromatic carbocycles. The monoisotopic (exact) mass is 176 g/mol. The number of carbonyl (C=O) groups is 1. The molecule has 0 atom stereocenters. The van der Waals surface area contributed by atoms with Crippen molar-refractivity contribution >= 4 is 5.97 Å². The molecule has 1 N–H and O–H groups in total. The molecule has 0 amide bonds. The first-order valence-corrected chi connectivity index (χ1v) is 3.85. The predicted octanol–water partition coefficient (Wildman–Crippen LogP) is 1.09. The standard InChI is InChI=1S/C9H8N2O2/c12-9(8-4-3-5-10-8)13-11-6-1-2-7-11/h1-7,10H. The van der Waals surface area contributed by atoms with Crippen LogP contribution in [0.25, 0.3) is 0 Å². The Bertz CT molecular complexity index is 376. The average molecular weight is 176 g/mol. The van der Waals surface area contributed by atoms with E-state index in [9.17, 15) is 4.79 Å². The maximum atomic E-state index is 11.3. The van der Waals surface area contributed by atoms with Crippen LogP contribution in [0.4, 0.5) is 0 Å². The van der Waals surface area contributed by atoms with Gasteiger partial charge in [0.15, 0.2) is 0 Å². The third-order valence-corrected chi connectivity index (χ3v) is 1.58. The van der Waals surface area contributed by atoms with Crippen LogP contribution < -0.4 is 4.84 Å². The summed E-state index contributed by atoms with van der Waals surface area (Å²) in [6.45, 7) is 0. The maximum Gasteiger partial charge on any atom is 0.379 e. The minimum Gasteiger partial charge on any atom is -0.356 e. The van der Waals surface area contributed by atoms with Crippen molar-refractivity contribution in [2.24, 2.45) is 0 Å². The number of hydrogen-bond donors (Lipinski definition) is 1. The summed E-state index contributed by atoms with van der Waals surface area (Å²) in [6, 6.07) is 6.96. The number of hydrogen-bond acceptors (Lipinski definition) is 2. The molecule has 0 saturated heterocycles. The van der Waals surface area contributed by atoms with Crippen molar-refractivity contribution in [1.82, 2.24) is 9.71 Å². The lowest BCUT2D eigenvalue weighted by molar-refractivity contribution is 0.0457. The van der Waals surface area contributed by atoms with Gasteiger partial charge >= 0.3 is 5.97 Å². The summed E-state index contributed by atoms with van der Waals surface area (Å²) in [5, 5.41) is 0. The van der Waals surface area contributed by atoms with Crippen molar-refractivity contribution in [2.45, 2.75) is 0 Å². The number of aromatic amines is 1. The highest BCUT2D eigenvalue weighted by molar-refractivity contribution is 5.87. The molecule has 0 bridgehead atoms. The molecular formula is C9H8N2O2. The van der Waals surface area contributed by atoms with Gasteiger partial charge in [0.1, 0.15) is 5.69 Å². The Morgan fingerprint density at radius 1 is 1.31 bits per heavy atom. The largest absolute Gasteiger partial charge is 0.379 e. The van der Waals surface area contributed by atoms with Gasteiger partial charge in [-0.3, -0.25) is 0 Å². The second-order valence-electron chi connectivity index (χ2n) is 2.51. The fraction of sp³-hybridized carbons (Fsp3) is 0. The molecule has 0 aliphatic rings. The average Bonchev–Trinajstić information content (AvgIpc) is 2.74. The molecule has 4 nitrogen and oxygen atoms in total. The molecular weight excluding hydrogens is 168 g/mol. The molecule has 0 spiro atoms.